The van der Waals surface area contributed by atoms with Crippen LogP contribution >= 0.6 is 12.4 Å². The first-order valence-electron chi connectivity index (χ1n) is 6.82. The van der Waals surface area contributed by atoms with Gasteiger partial charge >= 0.3 is 0 Å². The van der Waals surface area contributed by atoms with Crippen LogP contribution in [0.3, 0.4) is 0 Å². The summed E-state index contributed by atoms with van der Waals surface area (Å²) in [7, 11) is 0. The predicted molar refractivity (Wildman–Crippen MR) is 73.5 cm³/mol. The Morgan fingerprint density at radius 2 is 1.89 bits per heavy atom. The van der Waals surface area contributed by atoms with Crippen molar-refractivity contribution in [3.63, 3.8) is 0 Å². The molecule has 4 nitrogen and oxygen atoms in total. The van der Waals surface area contributed by atoms with Gasteiger partial charge in [-0.15, -0.1) is 12.4 Å². The van der Waals surface area contributed by atoms with Crippen LogP contribution in [0.1, 0.15) is 39.0 Å². The number of carbonyl (C=O) groups is 1. The summed E-state index contributed by atoms with van der Waals surface area (Å²) in [6.07, 6.45) is 4.62. The molecule has 3 N–H and O–H groups in total. The zero-order chi connectivity index (χ0) is 12.4. The molecule has 2 rings (SSSR count). The second-order valence-corrected chi connectivity index (χ2v) is 5.60. The summed E-state index contributed by atoms with van der Waals surface area (Å²) in [4.78, 5) is 14.2. The summed E-state index contributed by atoms with van der Waals surface area (Å²) in [6.45, 7) is 3.42. The molecular formula is C13H25ClN2O2. The van der Waals surface area contributed by atoms with Gasteiger partial charge in [0.1, 0.15) is 0 Å². The molecule has 3 atom stereocenters. The van der Waals surface area contributed by atoms with E-state index < -0.39 is 0 Å². The summed E-state index contributed by atoms with van der Waals surface area (Å²) in [5, 5.41) is 9.53. The van der Waals surface area contributed by atoms with Crippen LogP contribution in [0.5, 0.6) is 0 Å². The molecule has 1 saturated heterocycles. The lowest BCUT2D eigenvalue weighted by molar-refractivity contribution is -0.137. The van der Waals surface area contributed by atoms with Crippen LogP contribution < -0.4 is 5.73 Å². The molecule has 1 aliphatic heterocycles. The predicted octanol–water partition coefficient (Wildman–Crippen LogP) is 1.15. The third-order valence-electron chi connectivity index (χ3n) is 4.42. The molecule has 0 radical (unpaired) electrons. The van der Waals surface area contributed by atoms with Gasteiger partial charge in [0.15, 0.2) is 0 Å². The lowest BCUT2D eigenvalue weighted by Crippen LogP contribution is -2.46. The Morgan fingerprint density at radius 1 is 1.28 bits per heavy atom. The quantitative estimate of drug-likeness (QED) is 0.795. The highest BCUT2D eigenvalue weighted by Crippen LogP contribution is 2.28. The number of aliphatic hydroxyl groups is 1. The van der Waals surface area contributed by atoms with Crippen molar-refractivity contribution in [3.05, 3.63) is 0 Å². The minimum absolute atomic E-state index is 0. The first kappa shape index (κ1) is 15.7. The first-order chi connectivity index (χ1) is 8.09. The molecule has 2 fully saturated rings. The van der Waals surface area contributed by atoms with Gasteiger partial charge in [0.25, 0.3) is 0 Å². The Kier molecular flexibility index (Phi) is 5.89. The molecule has 3 unspecified atom stereocenters. The maximum atomic E-state index is 12.3. The molecule has 2 aliphatic rings. The molecule has 0 aromatic rings. The zero-order valence-corrected chi connectivity index (χ0v) is 11.9. The minimum atomic E-state index is -0.249. The lowest BCUT2D eigenvalue weighted by Gasteiger charge is -2.35. The van der Waals surface area contributed by atoms with Crippen LogP contribution in [0.2, 0.25) is 0 Å². The normalized spacial score (nSPS) is 30.9. The molecule has 0 aromatic heterocycles. The average molecular weight is 277 g/mol. The van der Waals surface area contributed by atoms with Crippen molar-refractivity contribution >= 4 is 18.3 Å². The third kappa shape index (κ3) is 3.37. The smallest absolute Gasteiger partial charge is 0.227 e. The fourth-order valence-electron chi connectivity index (χ4n) is 3.13. The number of rotatable bonds is 2. The molecule has 1 saturated carbocycles. The van der Waals surface area contributed by atoms with Crippen LogP contribution in [0.25, 0.3) is 0 Å². The van der Waals surface area contributed by atoms with Crippen molar-refractivity contribution < 1.29 is 9.90 Å². The highest BCUT2D eigenvalue weighted by Gasteiger charge is 2.35. The summed E-state index contributed by atoms with van der Waals surface area (Å²) in [5.74, 6) is 0.661. The topological polar surface area (TPSA) is 66.6 Å². The van der Waals surface area contributed by atoms with Crippen LogP contribution in [0.4, 0.5) is 0 Å². The van der Waals surface area contributed by atoms with Gasteiger partial charge in [-0.1, -0.05) is 6.42 Å². The molecule has 1 amide bonds. The van der Waals surface area contributed by atoms with Crippen molar-refractivity contribution in [2.45, 2.75) is 51.2 Å². The number of hydrogen-bond donors (Lipinski definition) is 2. The van der Waals surface area contributed by atoms with Crippen LogP contribution in [0, 0.1) is 11.8 Å². The number of nitrogens with two attached hydrogens (primary N) is 1. The van der Waals surface area contributed by atoms with Crippen molar-refractivity contribution in [1.29, 1.82) is 0 Å². The number of halogens is 1. The number of aliphatic hydroxyl groups excluding tert-OH is 1. The fourth-order valence-corrected chi connectivity index (χ4v) is 3.13. The summed E-state index contributed by atoms with van der Waals surface area (Å²) >= 11 is 0. The average Bonchev–Trinajstić information content (AvgIpc) is 2.74. The molecule has 0 bridgehead atoms. The summed E-state index contributed by atoms with van der Waals surface area (Å²) in [5.41, 5.74) is 5.97. The molecule has 1 heterocycles. The molecule has 5 heteroatoms. The minimum Gasteiger partial charge on any atom is -0.393 e. The molecule has 18 heavy (non-hydrogen) atoms. The Bertz CT molecular complexity index is 278. The van der Waals surface area contributed by atoms with Gasteiger partial charge in [0.05, 0.1) is 12.0 Å². The van der Waals surface area contributed by atoms with E-state index in [2.05, 4.69) is 0 Å². The number of likely N-dealkylation sites (tertiary alicyclic amines) is 1. The highest BCUT2D eigenvalue weighted by atomic mass is 35.5. The summed E-state index contributed by atoms with van der Waals surface area (Å²) < 4.78 is 0. The van der Waals surface area contributed by atoms with Crippen molar-refractivity contribution in [3.8, 4) is 0 Å². The van der Waals surface area contributed by atoms with Gasteiger partial charge in [0, 0.05) is 19.1 Å². The largest absolute Gasteiger partial charge is 0.393 e. The van der Waals surface area contributed by atoms with E-state index in [0.717, 1.165) is 45.2 Å². The van der Waals surface area contributed by atoms with Crippen molar-refractivity contribution in [2.24, 2.45) is 17.6 Å². The van der Waals surface area contributed by atoms with Gasteiger partial charge in [-0.25, -0.2) is 0 Å². The number of nitrogens with zero attached hydrogens (tertiary/aromatic N) is 1. The van der Waals surface area contributed by atoms with E-state index in [1.807, 2.05) is 11.8 Å². The molecule has 106 valence electrons. The van der Waals surface area contributed by atoms with Gasteiger partial charge in [-0.2, -0.15) is 0 Å². The second-order valence-electron chi connectivity index (χ2n) is 5.60. The van der Waals surface area contributed by atoms with Crippen LogP contribution in [-0.4, -0.2) is 41.1 Å². The van der Waals surface area contributed by atoms with E-state index in [0.29, 0.717) is 5.92 Å². The Labute approximate surface area is 115 Å². The Balaban J connectivity index is 0.00000162. The number of amides is 1. The van der Waals surface area contributed by atoms with E-state index in [1.54, 1.807) is 0 Å². The van der Waals surface area contributed by atoms with Crippen molar-refractivity contribution in [2.75, 3.05) is 13.1 Å². The maximum absolute atomic E-state index is 12.3. The van der Waals surface area contributed by atoms with Gasteiger partial charge in [0.2, 0.25) is 5.91 Å². The molecular weight excluding hydrogens is 252 g/mol. The zero-order valence-electron chi connectivity index (χ0n) is 11.0. The van der Waals surface area contributed by atoms with Gasteiger partial charge in [-0.3, -0.25) is 4.79 Å². The van der Waals surface area contributed by atoms with Crippen LogP contribution in [0.15, 0.2) is 0 Å². The second kappa shape index (κ2) is 6.73. The van der Waals surface area contributed by atoms with Crippen LogP contribution in [-0.2, 0) is 4.79 Å². The highest BCUT2D eigenvalue weighted by molar-refractivity contribution is 5.85. The van der Waals surface area contributed by atoms with Gasteiger partial charge in [-0.05, 0) is 38.5 Å². The fraction of sp³-hybridized carbons (Fsp3) is 0.923. The number of hydrogen-bond acceptors (Lipinski definition) is 3. The van der Waals surface area contributed by atoms with Gasteiger partial charge < -0.3 is 15.7 Å². The molecule has 1 aliphatic carbocycles. The van der Waals surface area contributed by atoms with E-state index in [1.165, 1.54) is 0 Å². The molecule has 0 aromatic carbocycles. The van der Waals surface area contributed by atoms with E-state index in [9.17, 15) is 9.90 Å². The lowest BCUT2D eigenvalue weighted by atomic mass is 9.91. The standard InChI is InChI=1S/C13H24N2O2.ClH/c1-9(16)10-5-7-15(8-6-10)13(17)11-3-2-4-12(11)14;/h9-12,16H,2-8,14H2,1H3;1H. The number of carbonyl (C=O) groups excluding carboxylic acids is 1. The number of piperidine rings is 1. The first-order valence-corrected chi connectivity index (χ1v) is 6.82. The SMILES string of the molecule is CC(O)C1CCN(C(=O)C2CCCC2N)CC1.Cl. The summed E-state index contributed by atoms with van der Waals surface area (Å²) in [6, 6.07) is 0.0667. The van der Waals surface area contributed by atoms with E-state index in [-0.39, 0.29) is 36.4 Å². The third-order valence-corrected chi connectivity index (χ3v) is 4.42. The monoisotopic (exact) mass is 276 g/mol. The van der Waals surface area contributed by atoms with Crippen molar-refractivity contribution in [1.82, 2.24) is 4.90 Å². The molecule has 0 spiro atoms. The van der Waals surface area contributed by atoms with E-state index >= 15 is 0 Å². The Hall–Kier alpha value is -0.320. The Morgan fingerprint density at radius 3 is 2.33 bits per heavy atom. The van der Waals surface area contributed by atoms with E-state index in [4.69, 9.17) is 5.73 Å². The maximum Gasteiger partial charge on any atom is 0.227 e.